The number of nitrogens with zero attached hydrogens (tertiary/aromatic N) is 2. The number of hydrogen-bond acceptors (Lipinski definition) is 7. The number of carbonyl (C=O) groups is 2. The lowest BCUT2D eigenvalue weighted by Gasteiger charge is -2.38. The number of rotatable bonds is 7. The van der Waals surface area contributed by atoms with Crippen LogP contribution in [0.5, 0.6) is 5.75 Å². The van der Waals surface area contributed by atoms with Gasteiger partial charge in [0.25, 0.3) is 0 Å². The van der Waals surface area contributed by atoms with Crippen molar-refractivity contribution < 1.29 is 23.8 Å². The summed E-state index contributed by atoms with van der Waals surface area (Å²) >= 11 is 1.52. The maximum atomic E-state index is 12.8. The molecule has 1 fully saturated rings. The molecule has 0 aliphatic carbocycles. The van der Waals surface area contributed by atoms with E-state index in [2.05, 4.69) is 4.99 Å². The first kappa shape index (κ1) is 20.4. The van der Waals surface area contributed by atoms with Crippen LogP contribution in [0.15, 0.2) is 40.5 Å². The molecule has 150 valence electrons. The quantitative estimate of drug-likeness (QED) is 0.514. The van der Waals surface area contributed by atoms with Crippen LogP contribution >= 0.6 is 11.8 Å². The van der Waals surface area contributed by atoms with Crippen LogP contribution in [0.2, 0.25) is 0 Å². The standard InChI is InChI=1S/C20H24N2O5S/c1-4-26-15-7-5-14(6-8-15)18-17(19(24)27-11-10-25-3)13(2)21-20-22(18)16(23)9-12-28-20/h5-8,18H,4,9-12H2,1-3H3/t18-/m0/s1. The Morgan fingerprint density at radius 1 is 1.29 bits per heavy atom. The molecule has 8 heteroatoms. The molecule has 1 aromatic rings. The fraction of sp³-hybridized carbons (Fsp3) is 0.450. The van der Waals surface area contributed by atoms with Crippen LogP contribution in [0, 0.1) is 0 Å². The van der Waals surface area contributed by atoms with Crippen molar-refractivity contribution in [3.63, 3.8) is 0 Å². The molecule has 28 heavy (non-hydrogen) atoms. The van der Waals surface area contributed by atoms with Crippen molar-refractivity contribution in [2.45, 2.75) is 26.3 Å². The first-order valence-corrected chi connectivity index (χ1v) is 10.2. The van der Waals surface area contributed by atoms with Crippen LogP contribution in [0.1, 0.15) is 31.9 Å². The lowest BCUT2D eigenvalue weighted by molar-refractivity contribution is -0.141. The van der Waals surface area contributed by atoms with Crippen molar-refractivity contribution in [1.82, 2.24) is 4.90 Å². The molecule has 0 aromatic heterocycles. The van der Waals surface area contributed by atoms with E-state index in [1.165, 1.54) is 11.8 Å². The van der Waals surface area contributed by atoms with Crippen LogP contribution in [-0.4, -0.2) is 54.6 Å². The molecule has 0 spiro atoms. The maximum Gasteiger partial charge on any atom is 0.338 e. The van der Waals surface area contributed by atoms with Crippen LogP contribution in [0.4, 0.5) is 0 Å². The van der Waals surface area contributed by atoms with Gasteiger partial charge in [-0.1, -0.05) is 23.9 Å². The number of carbonyl (C=O) groups excluding carboxylic acids is 2. The third-order valence-corrected chi connectivity index (χ3v) is 5.41. The molecule has 0 saturated carbocycles. The molecule has 0 N–H and O–H groups in total. The lowest BCUT2D eigenvalue weighted by atomic mass is 9.94. The summed E-state index contributed by atoms with van der Waals surface area (Å²) in [5.41, 5.74) is 1.75. The normalized spacial score (nSPS) is 19.2. The lowest BCUT2D eigenvalue weighted by Crippen LogP contribution is -2.45. The zero-order chi connectivity index (χ0) is 20.1. The van der Waals surface area contributed by atoms with E-state index in [0.29, 0.717) is 41.8 Å². The Labute approximate surface area is 168 Å². The highest BCUT2D eigenvalue weighted by molar-refractivity contribution is 8.14. The maximum absolute atomic E-state index is 12.8. The third-order valence-electron chi connectivity index (χ3n) is 4.45. The summed E-state index contributed by atoms with van der Waals surface area (Å²) in [5, 5.41) is 0.626. The number of ether oxygens (including phenoxy) is 3. The van der Waals surface area contributed by atoms with Crippen molar-refractivity contribution in [3.05, 3.63) is 41.1 Å². The highest BCUT2D eigenvalue weighted by Crippen LogP contribution is 2.40. The second-order valence-corrected chi connectivity index (χ2v) is 7.35. The summed E-state index contributed by atoms with van der Waals surface area (Å²) in [6.45, 7) is 4.71. The summed E-state index contributed by atoms with van der Waals surface area (Å²) in [4.78, 5) is 31.7. The zero-order valence-corrected chi connectivity index (χ0v) is 17.1. The van der Waals surface area contributed by atoms with Crippen LogP contribution in [-0.2, 0) is 19.1 Å². The summed E-state index contributed by atoms with van der Waals surface area (Å²) in [6.07, 6.45) is 0.405. The van der Waals surface area contributed by atoms with E-state index in [-0.39, 0.29) is 12.5 Å². The molecule has 0 bridgehead atoms. The molecule has 1 aromatic carbocycles. The number of thioether (sulfide) groups is 1. The van der Waals surface area contributed by atoms with E-state index in [1.54, 1.807) is 18.9 Å². The van der Waals surface area contributed by atoms with Crippen LogP contribution in [0.25, 0.3) is 0 Å². The molecule has 1 saturated heterocycles. The van der Waals surface area contributed by atoms with Gasteiger partial charge in [0.05, 0.1) is 30.5 Å². The van der Waals surface area contributed by atoms with E-state index in [4.69, 9.17) is 14.2 Å². The second-order valence-electron chi connectivity index (χ2n) is 6.29. The molecular weight excluding hydrogens is 380 g/mol. The third kappa shape index (κ3) is 4.23. The van der Waals surface area contributed by atoms with Crippen molar-refractivity contribution in [2.24, 2.45) is 4.99 Å². The minimum Gasteiger partial charge on any atom is -0.494 e. The van der Waals surface area contributed by atoms with Gasteiger partial charge in [-0.15, -0.1) is 0 Å². The van der Waals surface area contributed by atoms with Crippen molar-refractivity contribution in [2.75, 3.05) is 32.7 Å². The Morgan fingerprint density at radius 3 is 2.71 bits per heavy atom. The minimum absolute atomic E-state index is 0.0499. The number of aliphatic imine (C=N–C) groups is 1. The van der Waals surface area contributed by atoms with Gasteiger partial charge in [0, 0.05) is 19.3 Å². The minimum atomic E-state index is -0.571. The molecule has 2 heterocycles. The van der Waals surface area contributed by atoms with Gasteiger partial charge in [0.2, 0.25) is 5.91 Å². The first-order chi connectivity index (χ1) is 13.6. The molecule has 1 atom stereocenters. The molecule has 0 unspecified atom stereocenters. The van der Waals surface area contributed by atoms with Crippen molar-refractivity contribution in [3.8, 4) is 5.75 Å². The van der Waals surface area contributed by atoms with E-state index in [9.17, 15) is 9.59 Å². The van der Waals surface area contributed by atoms with Gasteiger partial charge in [-0.05, 0) is 31.5 Å². The Bertz CT molecular complexity index is 803. The van der Waals surface area contributed by atoms with Gasteiger partial charge in [0.15, 0.2) is 5.17 Å². The van der Waals surface area contributed by atoms with E-state index in [0.717, 1.165) is 11.3 Å². The van der Waals surface area contributed by atoms with Gasteiger partial charge in [-0.25, -0.2) is 9.79 Å². The number of benzene rings is 1. The van der Waals surface area contributed by atoms with Crippen LogP contribution in [0.3, 0.4) is 0 Å². The summed E-state index contributed by atoms with van der Waals surface area (Å²) < 4.78 is 15.8. The Balaban J connectivity index is 2.00. The van der Waals surface area contributed by atoms with Gasteiger partial charge in [0.1, 0.15) is 12.4 Å². The summed E-state index contributed by atoms with van der Waals surface area (Å²) in [5.74, 6) is 0.885. The SMILES string of the molecule is CCOc1ccc([C@H]2C(C(=O)OCCOC)=C(C)N=C3SCCC(=O)N32)cc1. The highest BCUT2D eigenvalue weighted by Gasteiger charge is 2.41. The smallest absolute Gasteiger partial charge is 0.338 e. The monoisotopic (exact) mass is 404 g/mol. The summed E-state index contributed by atoms with van der Waals surface area (Å²) in [6, 6.07) is 6.87. The Hall–Kier alpha value is -2.32. The topological polar surface area (TPSA) is 77.4 Å². The van der Waals surface area contributed by atoms with E-state index in [1.807, 2.05) is 31.2 Å². The average molecular weight is 404 g/mol. The molecule has 2 aliphatic rings. The number of amidine groups is 1. The van der Waals surface area contributed by atoms with Gasteiger partial charge >= 0.3 is 5.97 Å². The molecule has 2 aliphatic heterocycles. The fourth-order valence-corrected chi connectivity index (χ4v) is 4.19. The second kappa shape index (κ2) is 9.25. The van der Waals surface area contributed by atoms with Crippen LogP contribution < -0.4 is 4.74 Å². The molecule has 7 nitrogen and oxygen atoms in total. The van der Waals surface area contributed by atoms with E-state index < -0.39 is 12.0 Å². The molecular formula is C20H24N2O5S. The van der Waals surface area contributed by atoms with Gasteiger partial charge in [-0.3, -0.25) is 9.69 Å². The number of hydrogen-bond donors (Lipinski definition) is 0. The van der Waals surface area contributed by atoms with Crippen molar-refractivity contribution in [1.29, 1.82) is 0 Å². The number of allylic oxidation sites excluding steroid dienone is 1. The Kier molecular flexibility index (Phi) is 6.74. The zero-order valence-electron chi connectivity index (χ0n) is 16.3. The van der Waals surface area contributed by atoms with Crippen molar-refractivity contribution >= 4 is 28.8 Å². The summed E-state index contributed by atoms with van der Waals surface area (Å²) in [7, 11) is 1.54. The molecule has 0 radical (unpaired) electrons. The van der Waals surface area contributed by atoms with Gasteiger partial charge < -0.3 is 14.2 Å². The average Bonchev–Trinajstić information content (AvgIpc) is 2.68. The molecule has 1 amide bonds. The number of methoxy groups -OCH3 is 1. The first-order valence-electron chi connectivity index (χ1n) is 9.20. The number of fused-ring (bicyclic) bond motifs is 1. The largest absolute Gasteiger partial charge is 0.494 e. The predicted molar refractivity (Wildman–Crippen MR) is 107 cm³/mol. The van der Waals surface area contributed by atoms with E-state index >= 15 is 0 Å². The molecule has 3 rings (SSSR count). The highest BCUT2D eigenvalue weighted by atomic mass is 32.2. The number of amides is 1. The number of esters is 1. The Morgan fingerprint density at radius 2 is 2.04 bits per heavy atom. The predicted octanol–water partition coefficient (Wildman–Crippen LogP) is 2.93. The van der Waals surface area contributed by atoms with Gasteiger partial charge in [-0.2, -0.15) is 0 Å². The fourth-order valence-electron chi connectivity index (χ4n) is 3.18.